The van der Waals surface area contributed by atoms with Gasteiger partial charge in [-0.25, -0.2) is 9.59 Å². The molecule has 0 aliphatic rings. The van der Waals surface area contributed by atoms with Crippen LogP contribution >= 0.6 is 0 Å². The molecule has 0 spiro atoms. The highest BCUT2D eigenvalue weighted by Crippen LogP contribution is 2.13. The van der Waals surface area contributed by atoms with Crippen LogP contribution in [-0.2, 0) is 27.4 Å². The molecule has 0 unspecified atom stereocenters. The molecular formula is C21H24N2O7. The number of aliphatic hydroxyl groups is 1. The third-order valence-corrected chi connectivity index (χ3v) is 4.22. The Kier molecular flexibility index (Phi) is 8.64. The first-order chi connectivity index (χ1) is 14.4. The Morgan fingerprint density at radius 2 is 1.60 bits per heavy atom. The first kappa shape index (κ1) is 22.7. The van der Waals surface area contributed by atoms with Crippen molar-refractivity contribution in [3.05, 3.63) is 65.7 Å². The van der Waals surface area contributed by atoms with Gasteiger partial charge in [0.2, 0.25) is 5.91 Å². The van der Waals surface area contributed by atoms with Gasteiger partial charge in [0, 0.05) is 6.42 Å². The second-order valence-corrected chi connectivity index (χ2v) is 6.39. The molecule has 2 aromatic carbocycles. The number of amides is 2. The maximum Gasteiger partial charge on any atom is 0.408 e. The number of ether oxygens (including phenoxy) is 2. The predicted octanol–water partition coefficient (Wildman–Crippen LogP) is 1.09. The van der Waals surface area contributed by atoms with Gasteiger partial charge in [-0.15, -0.1) is 0 Å². The molecule has 0 aliphatic heterocycles. The molecule has 9 heteroatoms. The van der Waals surface area contributed by atoms with Gasteiger partial charge in [-0.05, 0) is 23.3 Å². The fourth-order valence-electron chi connectivity index (χ4n) is 2.57. The molecule has 0 aromatic heterocycles. The van der Waals surface area contributed by atoms with Gasteiger partial charge in [-0.1, -0.05) is 42.5 Å². The van der Waals surface area contributed by atoms with Crippen LogP contribution in [0.3, 0.4) is 0 Å². The summed E-state index contributed by atoms with van der Waals surface area (Å²) in [5, 5.41) is 23.4. The number of rotatable bonds is 10. The SMILES string of the molecule is COc1ccc(C[C@@H](NC(=O)[C@H](CO)NC(=O)OCc2ccccc2)C(=O)O)cc1. The van der Waals surface area contributed by atoms with Gasteiger partial charge >= 0.3 is 12.1 Å². The number of nitrogens with one attached hydrogen (secondary N) is 2. The highest BCUT2D eigenvalue weighted by molar-refractivity contribution is 5.89. The number of carboxylic acid groups (broad SMARTS) is 1. The van der Waals surface area contributed by atoms with Crippen LogP contribution in [0.2, 0.25) is 0 Å². The van der Waals surface area contributed by atoms with Gasteiger partial charge in [-0.3, -0.25) is 4.79 Å². The van der Waals surface area contributed by atoms with Crippen LogP contribution in [0.15, 0.2) is 54.6 Å². The summed E-state index contributed by atoms with van der Waals surface area (Å²) in [5.41, 5.74) is 1.42. The number of aliphatic hydroxyl groups excluding tert-OH is 1. The van der Waals surface area contributed by atoms with E-state index in [4.69, 9.17) is 9.47 Å². The van der Waals surface area contributed by atoms with E-state index in [1.807, 2.05) is 6.07 Å². The Morgan fingerprint density at radius 1 is 0.933 bits per heavy atom. The lowest BCUT2D eigenvalue weighted by Crippen LogP contribution is -2.53. The second-order valence-electron chi connectivity index (χ2n) is 6.39. The summed E-state index contributed by atoms with van der Waals surface area (Å²) in [6.45, 7) is -0.733. The summed E-state index contributed by atoms with van der Waals surface area (Å²) in [7, 11) is 1.52. The minimum absolute atomic E-state index is 0.0122. The summed E-state index contributed by atoms with van der Waals surface area (Å²) in [5.74, 6) is -1.47. The van der Waals surface area contributed by atoms with Crippen molar-refractivity contribution in [2.75, 3.05) is 13.7 Å². The third kappa shape index (κ3) is 7.10. The topological polar surface area (TPSA) is 134 Å². The van der Waals surface area contributed by atoms with E-state index in [0.29, 0.717) is 11.3 Å². The highest BCUT2D eigenvalue weighted by Gasteiger charge is 2.26. The van der Waals surface area contributed by atoms with Gasteiger partial charge in [0.1, 0.15) is 24.4 Å². The molecule has 2 rings (SSSR count). The van der Waals surface area contributed by atoms with Gasteiger partial charge in [0.15, 0.2) is 0 Å². The molecule has 2 atom stereocenters. The van der Waals surface area contributed by atoms with E-state index >= 15 is 0 Å². The predicted molar refractivity (Wildman–Crippen MR) is 107 cm³/mol. The number of carbonyl (C=O) groups is 3. The highest BCUT2D eigenvalue weighted by atomic mass is 16.5. The van der Waals surface area contributed by atoms with E-state index in [2.05, 4.69) is 10.6 Å². The minimum Gasteiger partial charge on any atom is -0.497 e. The molecule has 2 amide bonds. The molecule has 2 aromatic rings. The summed E-state index contributed by atoms with van der Waals surface area (Å²) in [6, 6.07) is 13.0. The van der Waals surface area contributed by atoms with E-state index in [-0.39, 0.29) is 13.0 Å². The van der Waals surface area contributed by atoms with Crippen molar-refractivity contribution in [1.29, 1.82) is 0 Å². The number of hydrogen-bond acceptors (Lipinski definition) is 6. The van der Waals surface area contributed by atoms with Crippen molar-refractivity contribution in [2.45, 2.75) is 25.1 Å². The van der Waals surface area contributed by atoms with Crippen molar-refractivity contribution in [3.63, 3.8) is 0 Å². The smallest absolute Gasteiger partial charge is 0.408 e. The van der Waals surface area contributed by atoms with Crippen LogP contribution < -0.4 is 15.4 Å². The maximum atomic E-state index is 12.4. The molecular weight excluding hydrogens is 392 g/mol. The zero-order valence-corrected chi connectivity index (χ0v) is 16.4. The molecule has 9 nitrogen and oxygen atoms in total. The Labute approximate surface area is 173 Å². The Bertz CT molecular complexity index is 840. The van der Waals surface area contributed by atoms with Crippen molar-refractivity contribution < 1.29 is 34.1 Å². The van der Waals surface area contributed by atoms with Gasteiger partial charge in [0.25, 0.3) is 0 Å². The lowest BCUT2D eigenvalue weighted by atomic mass is 10.1. The van der Waals surface area contributed by atoms with Crippen molar-refractivity contribution >= 4 is 18.0 Å². The molecule has 0 radical (unpaired) electrons. The Balaban J connectivity index is 1.91. The number of alkyl carbamates (subject to hydrolysis) is 1. The lowest BCUT2D eigenvalue weighted by Gasteiger charge is -2.20. The summed E-state index contributed by atoms with van der Waals surface area (Å²) in [6.07, 6.45) is -0.892. The zero-order chi connectivity index (χ0) is 21.9. The van der Waals surface area contributed by atoms with Crippen LogP contribution in [0, 0.1) is 0 Å². The molecule has 0 fully saturated rings. The first-order valence-electron chi connectivity index (χ1n) is 9.17. The van der Waals surface area contributed by atoms with Crippen LogP contribution in [0.1, 0.15) is 11.1 Å². The van der Waals surface area contributed by atoms with E-state index in [1.54, 1.807) is 48.5 Å². The van der Waals surface area contributed by atoms with Crippen LogP contribution in [0.25, 0.3) is 0 Å². The normalized spacial score (nSPS) is 12.3. The van der Waals surface area contributed by atoms with Gasteiger partial charge in [-0.2, -0.15) is 0 Å². The summed E-state index contributed by atoms with van der Waals surface area (Å²) in [4.78, 5) is 35.8. The van der Waals surface area contributed by atoms with E-state index in [9.17, 15) is 24.6 Å². The first-order valence-corrected chi connectivity index (χ1v) is 9.17. The largest absolute Gasteiger partial charge is 0.497 e. The average molecular weight is 416 g/mol. The molecule has 0 saturated heterocycles. The minimum atomic E-state index is -1.36. The fraction of sp³-hybridized carbons (Fsp3) is 0.286. The van der Waals surface area contributed by atoms with Crippen LogP contribution in [0.4, 0.5) is 4.79 Å². The number of carboxylic acids is 1. The van der Waals surface area contributed by atoms with Crippen molar-refractivity contribution in [2.24, 2.45) is 0 Å². The molecule has 0 bridgehead atoms. The van der Waals surface area contributed by atoms with E-state index in [0.717, 1.165) is 5.56 Å². The fourth-order valence-corrected chi connectivity index (χ4v) is 2.57. The lowest BCUT2D eigenvalue weighted by molar-refractivity contribution is -0.142. The van der Waals surface area contributed by atoms with Crippen LogP contribution in [0.5, 0.6) is 5.75 Å². The number of hydrogen-bond donors (Lipinski definition) is 4. The van der Waals surface area contributed by atoms with Gasteiger partial charge < -0.3 is 30.3 Å². The Hall–Kier alpha value is -3.59. The number of aliphatic carboxylic acids is 1. The molecule has 160 valence electrons. The molecule has 0 aliphatic carbocycles. The molecule has 0 heterocycles. The Morgan fingerprint density at radius 3 is 2.17 bits per heavy atom. The molecule has 0 saturated carbocycles. The quantitative estimate of drug-likeness (QED) is 0.455. The van der Waals surface area contributed by atoms with E-state index < -0.39 is 36.7 Å². The number of carbonyl (C=O) groups excluding carboxylic acids is 2. The maximum absolute atomic E-state index is 12.4. The average Bonchev–Trinajstić information content (AvgIpc) is 2.76. The number of benzene rings is 2. The van der Waals surface area contributed by atoms with Crippen LogP contribution in [-0.4, -0.2) is 54.0 Å². The summed E-state index contributed by atoms with van der Waals surface area (Å²) >= 11 is 0. The second kappa shape index (κ2) is 11.4. The van der Waals surface area contributed by atoms with Crippen molar-refractivity contribution in [3.8, 4) is 5.75 Å². The molecule has 4 N–H and O–H groups in total. The van der Waals surface area contributed by atoms with E-state index in [1.165, 1.54) is 7.11 Å². The third-order valence-electron chi connectivity index (χ3n) is 4.22. The van der Waals surface area contributed by atoms with Crippen molar-refractivity contribution in [1.82, 2.24) is 10.6 Å². The molecule has 30 heavy (non-hydrogen) atoms. The zero-order valence-electron chi connectivity index (χ0n) is 16.4. The number of methoxy groups -OCH3 is 1. The van der Waals surface area contributed by atoms with Gasteiger partial charge in [0.05, 0.1) is 13.7 Å². The monoisotopic (exact) mass is 416 g/mol. The standard InChI is InChI=1S/C21H24N2O7/c1-29-16-9-7-14(8-10-16)11-17(20(26)27)22-19(25)18(12-24)23-21(28)30-13-15-5-3-2-4-6-15/h2-10,17-18,24H,11-13H2,1H3,(H,22,25)(H,23,28)(H,26,27)/t17-,18+/m1/s1. The summed E-state index contributed by atoms with van der Waals surface area (Å²) < 4.78 is 10.1.